The second kappa shape index (κ2) is 5.25. The summed E-state index contributed by atoms with van der Waals surface area (Å²) in [4.78, 5) is 24.4. The van der Waals surface area contributed by atoms with Gasteiger partial charge in [-0.15, -0.1) is 0 Å². The Balaban J connectivity index is 1.92. The molecule has 1 heterocycles. The van der Waals surface area contributed by atoms with Crippen LogP contribution in [0.15, 0.2) is 60.2 Å². The third-order valence-corrected chi connectivity index (χ3v) is 3.29. The van der Waals surface area contributed by atoms with E-state index in [1.165, 1.54) is 5.01 Å². The van der Waals surface area contributed by atoms with Gasteiger partial charge in [-0.2, -0.15) is 0 Å². The van der Waals surface area contributed by atoms with E-state index in [0.717, 1.165) is 11.1 Å². The zero-order valence-electron chi connectivity index (χ0n) is 11.5. The quantitative estimate of drug-likeness (QED) is 0.677. The van der Waals surface area contributed by atoms with Crippen molar-refractivity contribution in [1.29, 1.82) is 0 Å². The molecule has 2 aromatic rings. The van der Waals surface area contributed by atoms with Crippen molar-refractivity contribution in [2.45, 2.75) is 6.92 Å². The molecule has 1 saturated heterocycles. The lowest BCUT2D eigenvalue weighted by molar-refractivity contribution is -0.117. The van der Waals surface area contributed by atoms with Gasteiger partial charge >= 0.3 is 0 Å². The van der Waals surface area contributed by atoms with E-state index in [1.807, 2.05) is 49.4 Å². The van der Waals surface area contributed by atoms with Gasteiger partial charge in [0.15, 0.2) is 0 Å². The number of hydrazine groups is 1. The van der Waals surface area contributed by atoms with Gasteiger partial charge in [-0.25, -0.2) is 5.01 Å². The molecule has 1 aliphatic heterocycles. The Kier molecular flexibility index (Phi) is 3.28. The zero-order chi connectivity index (χ0) is 14.8. The molecule has 0 unspecified atom stereocenters. The first-order chi connectivity index (χ1) is 10.1. The average molecular weight is 278 g/mol. The lowest BCUT2D eigenvalue weighted by Crippen LogP contribution is -2.35. The standard InChI is InChI=1S/C17H14N2O2/c1-12-7-9-14(10-8-12)19-17(21)15(16(20)18-19)11-13-5-3-2-4-6-13/h2-11H,1H3,(H,18,20)/b15-11-. The van der Waals surface area contributed by atoms with Crippen LogP contribution in [0.3, 0.4) is 0 Å². The summed E-state index contributed by atoms with van der Waals surface area (Å²) in [5, 5.41) is 1.27. The maximum atomic E-state index is 12.4. The maximum Gasteiger partial charge on any atom is 0.282 e. The monoisotopic (exact) mass is 278 g/mol. The van der Waals surface area contributed by atoms with Crippen LogP contribution >= 0.6 is 0 Å². The van der Waals surface area contributed by atoms with Crippen molar-refractivity contribution in [2.24, 2.45) is 0 Å². The fourth-order valence-corrected chi connectivity index (χ4v) is 2.15. The van der Waals surface area contributed by atoms with Gasteiger partial charge < -0.3 is 0 Å². The molecule has 2 aromatic carbocycles. The van der Waals surface area contributed by atoms with Gasteiger partial charge in [0.1, 0.15) is 5.57 Å². The van der Waals surface area contributed by atoms with Crippen molar-refractivity contribution in [3.63, 3.8) is 0 Å². The van der Waals surface area contributed by atoms with Crippen LogP contribution < -0.4 is 10.4 Å². The Morgan fingerprint density at radius 2 is 1.62 bits per heavy atom. The van der Waals surface area contributed by atoms with Gasteiger partial charge in [-0.3, -0.25) is 15.0 Å². The van der Waals surface area contributed by atoms with Crippen molar-refractivity contribution in [3.8, 4) is 0 Å². The molecule has 4 nitrogen and oxygen atoms in total. The lowest BCUT2D eigenvalue weighted by atomic mass is 10.1. The van der Waals surface area contributed by atoms with E-state index in [0.29, 0.717) is 5.69 Å². The number of hydrogen-bond acceptors (Lipinski definition) is 2. The zero-order valence-corrected chi connectivity index (χ0v) is 11.5. The summed E-state index contributed by atoms with van der Waals surface area (Å²) < 4.78 is 0. The third kappa shape index (κ3) is 2.56. The van der Waals surface area contributed by atoms with Crippen LogP contribution in [-0.2, 0) is 9.59 Å². The molecule has 0 atom stereocenters. The SMILES string of the molecule is Cc1ccc(N2NC(=O)/C(=C/c3ccccc3)C2=O)cc1. The molecule has 104 valence electrons. The van der Waals surface area contributed by atoms with Gasteiger partial charge in [0, 0.05) is 0 Å². The number of aryl methyl sites for hydroxylation is 1. The van der Waals surface area contributed by atoms with Crippen molar-refractivity contribution in [1.82, 2.24) is 5.43 Å². The second-order valence-corrected chi connectivity index (χ2v) is 4.89. The first kappa shape index (κ1) is 13.1. The van der Waals surface area contributed by atoms with Gasteiger partial charge in [-0.05, 0) is 30.7 Å². The maximum absolute atomic E-state index is 12.4. The largest absolute Gasteiger partial charge is 0.282 e. The summed E-state index contributed by atoms with van der Waals surface area (Å²) in [5.74, 6) is -0.725. The Bertz CT molecular complexity index is 718. The van der Waals surface area contributed by atoms with E-state index in [9.17, 15) is 9.59 Å². The highest BCUT2D eigenvalue weighted by Crippen LogP contribution is 2.21. The molecule has 0 aliphatic carbocycles. The number of benzene rings is 2. The van der Waals surface area contributed by atoms with Crippen molar-refractivity contribution in [2.75, 3.05) is 5.01 Å². The van der Waals surface area contributed by atoms with Crippen LogP contribution in [0.25, 0.3) is 6.08 Å². The van der Waals surface area contributed by atoms with Gasteiger partial charge in [0.05, 0.1) is 5.69 Å². The molecular formula is C17H14N2O2. The van der Waals surface area contributed by atoms with Crippen LogP contribution in [0.1, 0.15) is 11.1 Å². The van der Waals surface area contributed by atoms with Gasteiger partial charge in [0.2, 0.25) is 0 Å². The number of amides is 2. The molecule has 0 aromatic heterocycles. The molecule has 21 heavy (non-hydrogen) atoms. The highest BCUT2D eigenvalue weighted by atomic mass is 16.2. The summed E-state index contributed by atoms with van der Waals surface area (Å²) in [6.45, 7) is 1.97. The van der Waals surface area contributed by atoms with Crippen LogP contribution in [0, 0.1) is 6.92 Å². The molecule has 1 aliphatic rings. The summed E-state index contributed by atoms with van der Waals surface area (Å²) in [7, 11) is 0. The van der Waals surface area contributed by atoms with Gasteiger partial charge in [0.25, 0.3) is 11.8 Å². The van der Waals surface area contributed by atoms with Crippen molar-refractivity contribution < 1.29 is 9.59 Å². The molecule has 3 rings (SSSR count). The Morgan fingerprint density at radius 3 is 2.29 bits per heavy atom. The molecule has 0 radical (unpaired) electrons. The highest BCUT2D eigenvalue weighted by molar-refractivity contribution is 6.31. The van der Waals surface area contributed by atoms with E-state index in [4.69, 9.17) is 0 Å². The second-order valence-electron chi connectivity index (χ2n) is 4.89. The lowest BCUT2D eigenvalue weighted by Gasteiger charge is -2.14. The minimum Gasteiger partial charge on any atom is -0.267 e. The first-order valence-electron chi connectivity index (χ1n) is 6.64. The number of hydrogen-bond donors (Lipinski definition) is 1. The van der Waals surface area contributed by atoms with Crippen LogP contribution in [0.4, 0.5) is 5.69 Å². The minimum atomic E-state index is -0.385. The summed E-state index contributed by atoms with van der Waals surface area (Å²) in [5.41, 5.74) is 5.29. The molecule has 0 saturated carbocycles. The molecule has 2 amide bonds. The normalized spacial score (nSPS) is 16.4. The van der Waals surface area contributed by atoms with Crippen molar-refractivity contribution in [3.05, 3.63) is 71.3 Å². The number of carbonyl (C=O) groups excluding carboxylic acids is 2. The Labute approximate surface area is 122 Å². The number of rotatable bonds is 2. The molecule has 4 heteroatoms. The highest BCUT2D eigenvalue weighted by Gasteiger charge is 2.34. The van der Waals surface area contributed by atoms with E-state index >= 15 is 0 Å². The van der Waals surface area contributed by atoms with E-state index in [2.05, 4.69) is 5.43 Å². The molecule has 1 fully saturated rings. The van der Waals surface area contributed by atoms with E-state index < -0.39 is 0 Å². The molecule has 1 N–H and O–H groups in total. The topological polar surface area (TPSA) is 49.4 Å². The predicted octanol–water partition coefficient (Wildman–Crippen LogP) is 2.46. The number of nitrogens with zero attached hydrogens (tertiary/aromatic N) is 1. The van der Waals surface area contributed by atoms with Crippen LogP contribution in [0.5, 0.6) is 0 Å². The minimum absolute atomic E-state index is 0.141. The van der Waals surface area contributed by atoms with Crippen LogP contribution in [-0.4, -0.2) is 11.8 Å². The first-order valence-corrected chi connectivity index (χ1v) is 6.64. The van der Waals surface area contributed by atoms with Gasteiger partial charge in [-0.1, -0.05) is 48.0 Å². The molecular weight excluding hydrogens is 264 g/mol. The molecule has 0 bridgehead atoms. The summed E-state index contributed by atoms with van der Waals surface area (Å²) in [6, 6.07) is 16.7. The molecule has 0 spiro atoms. The van der Waals surface area contributed by atoms with Crippen molar-refractivity contribution >= 4 is 23.6 Å². The fraction of sp³-hybridized carbons (Fsp3) is 0.0588. The fourth-order valence-electron chi connectivity index (χ4n) is 2.15. The number of carbonyl (C=O) groups is 2. The summed E-state index contributed by atoms with van der Waals surface area (Å²) in [6.07, 6.45) is 1.60. The number of nitrogens with one attached hydrogen (secondary N) is 1. The average Bonchev–Trinajstić information content (AvgIpc) is 2.77. The third-order valence-electron chi connectivity index (χ3n) is 3.29. The Morgan fingerprint density at radius 1 is 0.952 bits per heavy atom. The smallest absolute Gasteiger partial charge is 0.267 e. The van der Waals surface area contributed by atoms with E-state index in [-0.39, 0.29) is 17.4 Å². The number of anilines is 1. The Hall–Kier alpha value is -2.88. The van der Waals surface area contributed by atoms with E-state index in [1.54, 1.807) is 18.2 Å². The summed E-state index contributed by atoms with van der Waals surface area (Å²) >= 11 is 0. The predicted molar refractivity (Wildman–Crippen MR) is 81.2 cm³/mol. The van der Waals surface area contributed by atoms with Crippen LogP contribution in [0.2, 0.25) is 0 Å².